The van der Waals surface area contributed by atoms with Gasteiger partial charge in [0.1, 0.15) is 5.01 Å². The van der Waals surface area contributed by atoms with E-state index in [0.29, 0.717) is 0 Å². The Labute approximate surface area is 157 Å². The number of guanidine groups is 1. The fourth-order valence-corrected chi connectivity index (χ4v) is 3.95. The molecule has 1 aromatic heterocycles. The summed E-state index contributed by atoms with van der Waals surface area (Å²) in [6, 6.07) is 0. The molecule has 1 aliphatic rings. The van der Waals surface area contributed by atoms with Gasteiger partial charge in [-0.2, -0.15) is 0 Å². The van der Waals surface area contributed by atoms with Crippen molar-refractivity contribution in [1.82, 2.24) is 20.5 Å². The summed E-state index contributed by atoms with van der Waals surface area (Å²) in [5.41, 5.74) is 1.27. The van der Waals surface area contributed by atoms with E-state index in [1.54, 1.807) is 11.3 Å². The average molecular weight is 366 g/mol. The molecule has 2 rings (SSSR count). The molecule has 0 saturated carbocycles. The van der Waals surface area contributed by atoms with Crippen LogP contribution in [-0.4, -0.2) is 49.1 Å². The van der Waals surface area contributed by atoms with E-state index in [9.17, 15) is 0 Å². The number of hydrogen-bond donors (Lipinski definition) is 2. The molecule has 0 aliphatic carbocycles. The van der Waals surface area contributed by atoms with Crippen molar-refractivity contribution in [2.24, 2.45) is 4.99 Å². The number of nitrogens with one attached hydrogen (secondary N) is 2. The molecule has 0 bridgehead atoms. The Hall–Kier alpha value is -1.14. The molecule has 6 heteroatoms. The molecule has 0 amide bonds. The van der Waals surface area contributed by atoms with Gasteiger partial charge in [0.2, 0.25) is 0 Å². The van der Waals surface area contributed by atoms with Crippen molar-refractivity contribution in [2.45, 2.75) is 64.8 Å². The summed E-state index contributed by atoms with van der Waals surface area (Å²) in [5.74, 6) is 0.864. The van der Waals surface area contributed by atoms with E-state index < -0.39 is 0 Å². The SMILES string of the molecule is CN=C(NCCCN1CCCCCC1)NCc1nc(C(C)(C)C)cs1. The second kappa shape index (κ2) is 10.1. The lowest BCUT2D eigenvalue weighted by atomic mass is 9.93. The molecule has 1 aromatic rings. The van der Waals surface area contributed by atoms with Crippen LogP contribution >= 0.6 is 11.3 Å². The van der Waals surface area contributed by atoms with E-state index in [1.165, 1.54) is 45.3 Å². The van der Waals surface area contributed by atoms with Gasteiger partial charge in [-0.05, 0) is 38.9 Å². The summed E-state index contributed by atoms with van der Waals surface area (Å²) in [6.07, 6.45) is 6.69. The first kappa shape index (κ1) is 20.2. The highest BCUT2D eigenvalue weighted by Crippen LogP contribution is 2.23. The number of aromatic nitrogens is 1. The predicted octanol–water partition coefficient (Wildman–Crippen LogP) is 3.37. The molecule has 142 valence electrons. The molecule has 0 radical (unpaired) electrons. The maximum absolute atomic E-state index is 4.72. The number of aliphatic imine (C=N–C) groups is 1. The maximum atomic E-state index is 4.72. The maximum Gasteiger partial charge on any atom is 0.191 e. The van der Waals surface area contributed by atoms with Crippen LogP contribution in [0.5, 0.6) is 0 Å². The van der Waals surface area contributed by atoms with Crippen LogP contribution in [-0.2, 0) is 12.0 Å². The first-order valence-electron chi connectivity index (χ1n) is 9.61. The second-order valence-electron chi connectivity index (χ2n) is 7.84. The molecule has 1 fully saturated rings. The Bertz CT molecular complexity index is 524. The van der Waals surface area contributed by atoms with Gasteiger partial charge < -0.3 is 15.5 Å². The molecule has 2 N–H and O–H groups in total. The second-order valence-corrected chi connectivity index (χ2v) is 8.78. The van der Waals surface area contributed by atoms with Crippen molar-refractivity contribution >= 4 is 17.3 Å². The van der Waals surface area contributed by atoms with Crippen molar-refractivity contribution < 1.29 is 0 Å². The van der Waals surface area contributed by atoms with Gasteiger partial charge in [0, 0.05) is 24.4 Å². The Morgan fingerprint density at radius 2 is 1.92 bits per heavy atom. The van der Waals surface area contributed by atoms with Crippen LogP contribution in [0.2, 0.25) is 0 Å². The van der Waals surface area contributed by atoms with Gasteiger partial charge in [0.15, 0.2) is 5.96 Å². The Morgan fingerprint density at radius 3 is 2.52 bits per heavy atom. The fourth-order valence-electron chi connectivity index (χ4n) is 2.99. The van der Waals surface area contributed by atoms with E-state index in [4.69, 9.17) is 4.98 Å². The van der Waals surface area contributed by atoms with Crippen molar-refractivity contribution in [3.8, 4) is 0 Å². The zero-order chi connectivity index (χ0) is 18.1. The van der Waals surface area contributed by atoms with Crippen molar-refractivity contribution in [1.29, 1.82) is 0 Å². The van der Waals surface area contributed by atoms with Crippen LogP contribution in [0.25, 0.3) is 0 Å². The molecule has 1 aliphatic heterocycles. The fraction of sp³-hybridized carbons (Fsp3) is 0.789. The van der Waals surface area contributed by atoms with Gasteiger partial charge in [-0.15, -0.1) is 11.3 Å². The van der Waals surface area contributed by atoms with Gasteiger partial charge in [0.05, 0.1) is 12.2 Å². The van der Waals surface area contributed by atoms with E-state index in [1.807, 2.05) is 7.05 Å². The minimum absolute atomic E-state index is 0.113. The van der Waals surface area contributed by atoms with Crippen molar-refractivity contribution in [2.75, 3.05) is 33.2 Å². The third-order valence-corrected chi connectivity index (χ3v) is 5.44. The largest absolute Gasteiger partial charge is 0.356 e. The molecule has 0 aromatic carbocycles. The number of thiazole rings is 1. The lowest BCUT2D eigenvalue weighted by molar-refractivity contribution is 0.282. The van der Waals surface area contributed by atoms with Gasteiger partial charge in [-0.25, -0.2) is 4.98 Å². The van der Waals surface area contributed by atoms with Crippen LogP contribution in [0.3, 0.4) is 0 Å². The lowest BCUT2D eigenvalue weighted by Gasteiger charge is -2.20. The third-order valence-electron chi connectivity index (χ3n) is 4.59. The summed E-state index contributed by atoms with van der Waals surface area (Å²) < 4.78 is 0. The monoisotopic (exact) mass is 365 g/mol. The summed E-state index contributed by atoms with van der Waals surface area (Å²) in [4.78, 5) is 11.6. The van der Waals surface area contributed by atoms with E-state index in [-0.39, 0.29) is 5.41 Å². The van der Waals surface area contributed by atoms with Gasteiger partial charge in [0.25, 0.3) is 0 Å². The standard InChI is InChI=1S/C19H35N5S/c1-19(2,3)16-15-25-17(23-16)14-22-18(20-4)21-10-9-13-24-11-7-5-6-8-12-24/h15H,5-14H2,1-4H3,(H2,20,21,22). The molecule has 0 spiro atoms. The molecule has 0 atom stereocenters. The summed E-state index contributed by atoms with van der Waals surface area (Å²) in [6.45, 7) is 12.0. The van der Waals surface area contributed by atoms with Crippen LogP contribution in [0, 0.1) is 0 Å². The number of likely N-dealkylation sites (tertiary alicyclic amines) is 1. The summed E-state index contributed by atoms with van der Waals surface area (Å²) in [7, 11) is 1.83. The molecule has 2 heterocycles. The topological polar surface area (TPSA) is 52.6 Å². The van der Waals surface area contributed by atoms with Crippen LogP contribution in [0.1, 0.15) is 63.6 Å². The minimum atomic E-state index is 0.113. The molecule has 5 nitrogen and oxygen atoms in total. The molecular weight excluding hydrogens is 330 g/mol. The number of hydrogen-bond acceptors (Lipinski definition) is 4. The number of nitrogens with zero attached hydrogens (tertiary/aromatic N) is 3. The van der Waals surface area contributed by atoms with Crippen LogP contribution < -0.4 is 10.6 Å². The number of rotatable bonds is 6. The van der Waals surface area contributed by atoms with Crippen molar-refractivity contribution in [3.63, 3.8) is 0 Å². The third kappa shape index (κ3) is 7.32. The van der Waals surface area contributed by atoms with Gasteiger partial charge >= 0.3 is 0 Å². The van der Waals surface area contributed by atoms with Gasteiger partial charge in [-0.1, -0.05) is 33.6 Å². The van der Waals surface area contributed by atoms with E-state index in [2.05, 4.69) is 46.7 Å². The molecule has 25 heavy (non-hydrogen) atoms. The van der Waals surface area contributed by atoms with E-state index >= 15 is 0 Å². The summed E-state index contributed by atoms with van der Waals surface area (Å²) in [5, 5.41) is 10.1. The van der Waals surface area contributed by atoms with Crippen molar-refractivity contribution in [3.05, 3.63) is 16.1 Å². The normalized spacial score (nSPS) is 17.4. The highest BCUT2D eigenvalue weighted by Gasteiger charge is 2.17. The van der Waals surface area contributed by atoms with E-state index in [0.717, 1.165) is 36.2 Å². The highest BCUT2D eigenvalue weighted by atomic mass is 32.1. The highest BCUT2D eigenvalue weighted by molar-refractivity contribution is 7.09. The quantitative estimate of drug-likeness (QED) is 0.461. The smallest absolute Gasteiger partial charge is 0.191 e. The van der Waals surface area contributed by atoms with Crippen LogP contribution in [0.15, 0.2) is 10.4 Å². The zero-order valence-electron chi connectivity index (χ0n) is 16.4. The van der Waals surface area contributed by atoms with Crippen LogP contribution in [0.4, 0.5) is 0 Å². The summed E-state index contributed by atoms with van der Waals surface area (Å²) >= 11 is 1.71. The molecule has 0 unspecified atom stereocenters. The minimum Gasteiger partial charge on any atom is -0.356 e. The Morgan fingerprint density at radius 1 is 1.20 bits per heavy atom. The first-order chi connectivity index (χ1) is 12.0. The Balaban J connectivity index is 1.66. The first-order valence-corrected chi connectivity index (χ1v) is 10.5. The predicted molar refractivity (Wildman–Crippen MR) is 109 cm³/mol. The Kier molecular flexibility index (Phi) is 8.16. The zero-order valence-corrected chi connectivity index (χ0v) is 17.2. The van der Waals surface area contributed by atoms with Gasteiger partial charge in [-0.3, -0.25) is 4.99 Å². The average Bonchev–Trinajstić information content (AvgIpc) is 2.91. The molecule has 1 saturated heterocycles. The lowest BCUT2D eigenvalue weighted by Crippen LogP contribution is -2.38. The molecular formula is C19H35N5S.